The van der Waals surface area contributed by atoms with Crippen LogP contribution in [0.2, 0.25) is 15.1 Å². The van der Waals surface area contributed by atoms with Gasteiger partial charge in [0.05, 0.1) is 15.1 Å². The standard InChI is InChI=1S/C15H17Cl3N2O4/c1-9(21)15(23)20-4-2-19(3-5-20)14(22)8-24-13-7-11(17)10(16)6-12(13)18/h6-7,9,21H,2-5,8H2,1H3/t9-/m1/s1. The Balaban J connectivity index is 1.86. The number of hydrogen-bond acceptors (Lipinski definition) is 4. The first kappa shape index (κ1) is 19.1. The number of aliphatic hydroxyl groups is 1. The van der Waals surface area contributed by atoms with Crippen LogP contribution in [0.1, 0.15) is 6.92 Å². The van der Waals surface area contributed by atoms with Gasteiger partial charge in [-0.2, -0.15) is 0 Å². The van der Waals surface area contributed by atoms with Crippen LogP contribution in [0.4, 0.5) is 0 Å². The monoisotopic (exact) mass is 394 g/mol. The van der Waals surface area contributed by atoms with Crippen molar-refractivity contribution in [2.75, 3.05) is 32.8 Å². The molecule has 132 valence electrons. The van der Waals surface area contributed by atoms with Crippen molar-refractivity contribution in [3.05, 3.63) is 27.2 Å². The van der Waals surface area contributed by atoms with E-state index in [0.29, 0.717) is 31.2 Å². The quantitative estimate of drug-likeness (QED) is 0.793. The van der Waals surface area contributed by atoms with Gasteiger partial charge in [-0.05, 0) is 13.0 Å². The number of nitrogens with zero attached hydrogens (tertiary/aromatic N) is 2. The highest BCUT2D eigenvalue weighted by molar-refractivity contribution is 6.43. The lowest BCUT2D eigenvalue weighted by Crippen LogP contribution is -2.53. The summed E-state index contributed by atoms with van der Waals surface area (Å²) >= 11 is 17.7. The van der Waals surface area contributed by atoms with Crippen molar-refractivity contribution in [1.82, 2.24) is 9.80 Å². The van der Waals surface area contributed by atoms with E-state index < -0.39 is 6.10 Å². The van der Waals surface area contributed by atoms with Crippen LogP contribution < -0.4 is 4.74 Å². The molecule has 24 heavy (non-hydrogen) atoms. The molecule has 0 aliphatic carbocycles. The minimum atomic E-state index is -1.03. The summed E-state index contributed by atoms with van der Waals surface area (Å²) in [5.41, 5.74) is 0. The molecule has 1 aromatic rings. The highest BCUT2D eigenvalue weighted by Crippen LogP contribution is 2.33. The Bertz CT molecular complexity index is 631. The van der Waals surface area contributed by atoms with E-state index in [0.717, 1.165) is 0 Å². The van der Waals surface area contributed by atoms with Crippen LogP contribution in [-0.4, -0.2) is 65.6 Å². The Labute approximate surface area is 154 Å². The fraction of sp³-hybridized carbons (Fsp3) is 0.467. The Morgan fingerprint density at radius 1 is 1.08 bits per heavy atom. The summed E-state index contributed by atoms with van der Waals surface area (Å²) in [5.74, 6) is -0.274. The van der Waals surface area contributed by atoms with Gasteiger partial charge in [-0.1, -0.05) is 34.8 Å². The van der Waals surface area contributed by atoms with E-state index in [2.05, 4.69) is 0 Å². The van der Waals surface area contributed by atoms with Gasteiger partial charge in [-0.3, -0.25) is 9.59 Å². The Kier molecular flexibility index (Phi) is 6.57. The first-order chi connectivity index (χ1) is 11.3. The van der Waals surface area contributed by atoms with Crippen molar-refractivity contribution in [1.29, 1.82) is 0 Å². The van der Waals surface area contributed by atoms with E-state index in [-0.39, 0.29) is 34.2 Å². The largest absolute Gasteiger partial charge is 0.482 e. The maximum Gasteiger partial charge on any atom is 0.260 e. The van der Waals surface area contributed by atoms with E-state index in [4.69, 9.17) is 39.5 Å². The summed E-state index contributed by atoms with van der Waals surface area (Å²) in [6.07, 6.45) is -1.03. The molecule has 6 nitrogen and oxygen atoms in total. The van der Waals surface area contributed by atoms with Gasteiger partial charge in [-0.25, -0.2) is 0 Å². The molecule has 1 N–H and O–H groups in total. The van der Waals surface area contributed by atoms with Crippen LogP contribution in [0.3, 0.4) is 0 Å². The number of amides is 2. The SMILES string of the molecule is C[C@@H](O)C(=O)N1CCN(C(=O)COc2cc(Cl)c(Cl)cc2Cl)CC1. The summed E-state index contributed by atoms with van der Waals surface area (Å²) in [4.78, 5) is 27.0. The molecule has 0 radical (unpaired) electrons. The molecule has 9 heteroatoms. The molecule has 0 bridgehead atoms. The van der Waals surface area contributed by atoms with E-state index in [9.17, 15) is 14.7 Å². The maximum absolute atomic E-state index is 12.2. The summed E-state index contributed by atoms with van der Waals surface area (Å²) < 4.78 is 5.41. The van der Waals surface area contributed by atoms with Crippen molar-refractivity contribution in [2.24, 2.45) is 0 Å². The van der Waals surface area contributed by atoms with Crippen molar-refractivity contribution in [3.8, 4) is 5.75 Å². The molecular formula is C15H17Cl3N2O4. The number of rotatable bonds is 4. The van der Waals surface area contributed by atoms with Crippen molar-refractivity contribution >= 4 is 46.6 Å². The minimum absolute atomic E-state index is 0.192. The average Bonchev–Trinajstić information content (AvgIpc) is 2.56. The summed E-state index contributed by atoms with van der Waals surface area (Å²) in [6, 6.07) is 2.91. The van der Waals surface area contributed by atoms with E-state index in [1.54, 1.807) is 4.90 Å². The number of benzene rings is 1. The third-order valence-corrected chi connectivity index (χ3v) is 4.64. The molecule has 1 saturated heterocycles. The van der Waals surface area contributed by atoms with E-state index in [1.807, 2.05) is 0 Å². The zero-order valence-electron chi connectivity index (χ0n) is 13.0. The maximum atomic E-state index is 12.2. The smallest absolute Gasteiger partial charge is 0.260 e. The normalized spacial score (nSPS) is 16.0. The molecule has 0 spiro atoms. The van der Waals surface area contributed by atoms with Gasteiger partial charge in [0.25, 0.3) is 11.8 Å². The van der Waals surface area contributed by atoms with Gasteiger partial charge in [-0.15, -0.1) is 0 Å². The Morgan fingerprint density at radius 3 is 2.21 bits per heavy atom. The Hall–Kier alpha value is -1.21. The third kappa shape index (κ3) is 4.66. The summed E-state index contributed by atoms with van der Waals surface area (Å²) in [7, 11) is 0. The first-order valence-corrected chi connectivity index (χ1v) is 8.45. The molecule has 1 heterocycles. The second-order valence-electron chi connectivity index (χ2n) is 5.37. The summed E-state index contributed by atoms with van der Waals surface area (Å²) in [5, 5.41) is 10.2. The lowest BCUT2D eigenvalue weighted by molar-refractivity contribution is -0.145. The lowest BCUT2D eigenvalue weighted by atomic mass is 10.2. The van der Waals surface area contributed by atoms with Crippen molar-refractivity contribution in [2.45, 2.75) is 13.0 Å². The minimum Gasteiger partial charge on any atom is -0.482 e. The van der Waals surface area contributed by atoms with Gasteiger partial charge in [0.15, 0.2) is 6.61 Å². The van der Waals surface area contributed by atoms with E-state index in [1.165, 1.54) is 24.0 Å². The number of carbonyl (C=O) groups is 2. The first-order valence-electron chi connectivity index (χ1n) is 7.31. The summed E-state index contributed by atoms with van der Waals surface area (Å²) in [6.45, 7) is 2.76. The van der Waals surface area contributed by atoms with Gasteiger partial charge in [0.2, 0.25) is 0 Å². The molecule has 2 rings (SSSR count). The predicted octanol–water partition coefficient (Wildman–Crippen LogP) is 2.08. The van der Waals surface area contributed by atoms with Crippen LogP contribution in [0.5, 0.6) is 5.75 Å². The van der Waals surface area contributed by atoms with Crippen LogP contribution in [-0.2, 0) is 9.59 Å². The van der Waals surface area contributed by atoms with Crippen LogP contribution in [0, 0.1) is 0 Å². The van der Waals surface area contributed by atoms with E-state index >= 15 is 0 Å². The zero-order chi connectivity index (χ0) is 17.9. The third-order valence-electron chi connectivity index (χ3n) is 3.63. The number of piperazine rings is 1. The molecule has 2 amide bonds. The van der Waals surface area contributed by atoms with Crippen LogP contribution in [0.25, 0.3) is 0 Å². The molecule has 0 unspecified atom stereocenters. The van der Waals surface area contributed by atoms with Gasteiger partial charge >= 0.3 is 0 Å². The molecule has 1 aliphatic heterocycles. The molecule has 0 saturated carbocycles. The molecule has 1 fully saturated rings. The predicted molar refractivity (Wildman–Crippen MR) is 91.8 cm³/mol. The highest BCUT2D eigenvalue weighted by atomic mass is 35.5. The van der Waals surface area contributed by atoms with Crippen LogP contribution >= 0.6 is 34.8 Å². The highest BCUT2D eigenvalue weighted by Gasteiger charge is 2.26. The number of aliphatic hydroxyl groups excluding tert-OH is 1. The fourth-order valence-corrected chi connectivity index (χ4v) is 2.88. The molecule has 0 aromatic heterocycles. The Morgan fingerprint density at radius 2 is 1.62 bits per heavy atom. The fourth-order valence-electron chi connectivity index (χ4n) is 2.29. The number of ether oxygens (including phenoxy) is 1. The average molecular weight is 396 g/mol. The number of halogens is 3. The number of hydrogen-bond donors (Lipinski definition) is 1. The topological polar surface area (TPSA) is 70.1 Å². The molecular weight excluding hydrogens is 379 g/mol. The molecule has 1 aromatic carbocycles. The zero-order valence-corrected chi connectivity index (χ0v) is 15.2. The molecule has 1 atom stereocenters. The van der Waals surface area contributed by atoms with Gasteiger partial charge in [0, 0.05) is 32.2 Å². The molecule has 1 aliphatic rings. The lowest BCUT2D eigenvalue weighted by Gasteiger charge is -2.35. The second kappa shape index (κ2) is 8.25. The van der Waals surface area contributed by atoms with Gasteiger partial charge < -0.3 is 19.6 Å². The number of carbonyl (C=O) groups excluding carboxylic acids is 2. The van der Waals surface area contributed by atoms with Crippen LogP contribution in [0.15, 0.2) is 12.1 Å². The second-order valence-corrected chi connectivity index (χ2v) is 6.59. The van der Waals surface area contributed by atoms with Crippen molar-refractivity contribution in [3.63, 3.8) is 0 Å². The van der Waals surface area contributed by atoms with Crippen molar-refractivity contribution < 1.29 is 19.4 Å². The van der Waals surface area contributed by atoms with Gasteiger partial charge in [0.1, 0.15) is 11.9 Å².